The van der Waals surface area contributed by atoms with Crippen molar-refractivity contribution >= 4 is 0 Å². The molecule has 2 heteroatoms. The zero-order valence-electron chi connectivity index (χ0n) is 12.9. The normalized spacial score (nSPS) is 13.2. The Balaban J connectivity index is 3.26. The van der Waals surface area contributed by atoms with E-state index in [1.54, 1.807) is 7.11 Å². The van der Waals surface area contributed by atoms with E-state index >= 15 is 0 Å². The van der Waals surface area contributed by atoms with Gasteiger partial charge in [0.05, 0.1) is 19.1 Å². The van der Waals surface area contributed by atoms with Crippen LogP contribution in [0.15, 0.2) is 18.2 Å². The van der Waals surface area contributed by atoms with Gasteiger partial charge < -0.3 is 4.74 Å². The van der Waals surface area contributed by atoms with Gasteiger partial charge >= 0.3 is 0 Å². The smallest absolute Gasteiger partial charge is 0.123 e. The predicted octanol–water partition coefficient (Wildman–Crippen LogP) is 4.65. The molecule has 19 heavy (non-hydrogen) atoms. The first-order valence-electron chi connectivity index (χ1n) is 6.87. The lowest BCUT2D eigenvalue weighted by molar-refractivity contribution is 0.404. The molecule has 0 aliphatic heterocycles. The summed E-state index contributed by atoms with van der Waals surface area (Å²) in [6.07, 6.45) is 0.862. The molecule has 0 spiro atoms. The van der Waals surface area contributed by atoms with Gasteiger partial charge in [0.15, 0.2) is 0 Å². The van der Waals surface area contributed by atoms with E-state index in [-0.39, 0.29) is 11.3 Å². The first kappa shape index (κ1) is 15.6. The summed E-state index contributed by atoms with van der Waals surface area (Å²) < 4.78 is 5.43. The standard InChI is InChI=1S/C17H25NO/c1-12(2)9-13(11-18)15-10-14(17(3,4)5)7-8-16(15)19-6/h7-8,10,12-13H,9H2,1-6H3. The average molecular weight is 259 g/mol. The highest BCUT2D eigenvalue weighted by Crippen LogP contribution is 2.34. The fourth-order valence-corrected chi connectivity index (χ4v) is 2.19. The molecule has 0 aromatic heterocycles. The molecule has 1 rings (SSSR count). The predicted molar refractivity (Wildman–Crippen MR) is 79.5 cm³/mol. The number of hydrogen-bond acceptors (Lipinski definition) is 2. The SMILES string of the molecule is COc1ccc(C(C)(C)C)cc1C(C#N)CC(C)C. The van der Waals surface area contributed by atoms with Gasteiger partial charge in [-0.05, 0) is 29.4 Å². The van der Waals surface area contributed by atoms with Gasteiger partial charge in [0.25, 0.3) is 0 Å². The Morgan fingerprint density at radius 2 is 1.89 bits per heavy atom. The molecule has 0 N–H and O–H groups in total. The minimum absolute atomic E-state index is 0.0822. The Hall–Kier alpha value is -1.49. The molecule has 0 saturated heterocycles. The Labute approximate surface area is 117 Å². The highest BCUT2D eigenvalue weighted by Gasteiger charge is 2.21. The van der Waals surface area contributed by atoms with Crippen molar-refractivity contribution < 1.29 is 4.74 Å². The average Bonchev–Trinajstić information content (AvgIpc) is 2.33. The van der Waals surface area contributed by atoms with E-state index in [0.717, 1.165) is 17.7 Å². The molecule has 0 aliphatic carbocycles. The van der Waals surface area contributed by atoms with Crippen LogP contribution in [-0.4, -0.2) is 7.11 Å². The van der Waals surface area contributed by atoms with Crippen LogP contribution in [0.25, 0.3) is 0 Å². The molecule has 1 aromatic carbocycles. The maximum atomic E-state index is 9.44. The number of benzene rings is 1. The van der Waals surface area contributed by atoms with Crippen LogP contribution >= 0.6 is 0 Å². The number of nitrogens with zero attached hydrogens (tertiary/aromatic N) is 1. The molecule has 0 amide bonds. The first-order valence-corrected chi connectivity index (χ1v) is 6.87. The molecule has 104 valence electrons. The van der Waals surface area contributed by atoms with Crippen molar-refractivity contribution in [2.75, 3.05) is 7.11 Å². The van der Waals surface area contributed by atoms with Crippen LogP contribution in [-0.2, 0) is 5.41 Å². The third kappa shape index (κ3) is 3.99. The Bertz CT molecular complexity index is 463. The van der Waals surface area contributed by atoms with Crippen molar-refractivity contribution in [3.8, 4) is 11.8 Å². The lowest BCUT2D eigenvalue weighted by atomic mass is 9.83. The van der Waals surface area contributed by atoms with E-state index in [1.165, 1.54) is 5.56 Å². The van der Waals surface area contributed by atoms with E-state index in [4.69, 9.17) is 4.74 Å². The summed E-state index contributed by atoms with van der Waals surface area (Å²) in [5, 5.41) is 9.44. The highest BCUT2D eigenvalue weighted by molar-refractivity contribution is 5.44. The monoisotopic (exact) mass is 259 g/mol. The Morgan fingerprint density at radius 3 is 2.32 bits per heavy atom. The van der Waals surface area contributed by atoms with Gasteiger partial charge in [-0.25, -0.2) is 0 Å². The number of nitriles is 1. The van der Waals surface area contributed by atoms with Gasteiger partial charge in [-0.3, -0.25) is 0 Å². The van der Waals surface area contributed by atoms with Gasteiger partial charge in [-0.15, -0.1) is 0 Å². The van der Waals surface area contributed by atoms with Crippen LogP contribution in [0.5, 0.6) is 5.75 Å². The minimum atomic E-state index is -0.0998. The third-order valence-electron chi connectivity index (χ3n) is 3.33. The number of rotatable bonds is 4. The van der Waals surface area contributed by atoms with E-state index < -0.39 is 0 Å². The van der Waals surface area contributed by atoms with Crippen LogP contribution in [0.1, 0.15) is 58.1 Å². The molecule has 0 bridgehead atoms. The maximum Gasteiger partial charge on any atom is 0.123 e. The van der Waals surface area contributed by atoms with Crippen LogP contribution in [0.2, 0.25) is 0 Å². The molecule has 1 atom stereocenters. The van der Waals surface area contributed by atoms with Crippen LogP contribution < -0.4 is 4.74 Å². The first-order chi connectivity index (χ1) is 8.79. The fraction of sp³-hybridized carbons (Fsp3) is 0.588. The summed E-state index contributed by atoms with van der Waals surface area (Å²) in [6, 6.07) is 8.63. The van der Waals surface area contributed by atoms with Gasteiger partial charge in [-0.1, -0.05) is 46.8 Å². The topological polar surface area (TPSA) is 33.0 Å². The van der Waals surface area contributed by atoms with Crippen LogP contribution in [0, 0.1) is 17.2 Å². The fourth-order valence-electron chi connectivity index (χ4n) is 2.19. The molecule has 0 fully saturated rings. The van der Waals surface area contributed by atoms with Crippen molar-refractivity contribution in [3.05, 3.63) is 29.3 Å². The second-order valence-corrected chi connectivity index (χ2v) is 6.52. The molecule has 0 heterocycles. The summed E-state index contributed by atoms with van der Waals surface area (Å²) >= 11 is 0. The molecular formula is C17H25NO. The van der Waals surface area contributed by atoms with Gasteiger partial charge in [0, 0.05) is 5.56 Å². The van der Waals surface area contributed by atoms with Crippen molar-refractivity contribution in [2.45, 2.75) is 52.4 Å². The lowest BCUT2D eigenvalue weighted by Crippen LogP contribution is -2.13. The highest BCUT2D eigenvalue weighted by atomic mass is 16.5. The Kier molecular flexibility index (Phi) is 5.00. The summed E-state index contributed by atoms with van der Waals surface area (Å²) in [4.78, 5) is 0. The Morgan fingerprint density at radius 1 is 1.26 bits per heavy atom. The number of ether oxygens (including phenoxy) is 1. The van der Waals surface area contributed by atoms with Crippen molar-refractivity contribution in [3.63, 3.8) is 0 Å². The quantitative estimate of drug-likeness (QED) is 0.788. The molecule has 0 radical (unpaired) electrons. The summed E-state index contributed by atoms with van der Waals surface area (Å²) in [7, 11) is 1.67. The summed E-state index contributed by atoms with van der Waals surface area (Å²) in [5.74, 6) is 1.21. The number of hydrogen-bond donors (Lipinski definition) is 0. The lowest BCUT2D eigenvalue weighted by Gasteiger charge is -2.23. The van der Waals surface area contributed by atoms with E-state index in [1.807, 2.05) is 6.07 Å². The van der Waals surface area contributed by atoms with E-state index in [9.17, 15) is 5.26 Å². The summed E-state index contributed by atoms with van der Waals surface area (Å²) in [5.41, 5.74) is 2.34. The molecule has 1 unspecified atom stereocenters. The molecule has 0 saturated carbocycles. The zero-order valence-corrected chi connectivity index (χ0v) is 12.9. The van der Waals surface area contributed by atoms with Crippen molar-refractivity contribution in [1.82, 2.24) is 0 Å². The minimum Gasteiger partial charge on any atom is -0.496 e. The largest absolute Gasteiger partial charge is 0.496 e. The van der Waals surface area contributed by atoms with Gasteiger partial charge in [-0.2, -0.15) is 5.26 Å². The van der Waals surface area contributed by atoms with Gasteiger partial charge in [0.2, 0.25) is 0 Å². The van der Waals surface area contributed by atoms with Crippen molar-refractivity contribution in [1.29, 1.82) is 5.26 Å². The second-order valence-electron chi connectivity index (χ2n) is 6.52. The van der Waals surface area contributed by atoms with E-state index in [2.05, 4.69) is 52.8 Å². The van der Waals surface area contributed by atoms with E-state index in [0.29, 0.717) is 5.92 Å². The second kappa shape index (κ2) is 6.10. The maximum absolute atomic E-state index is 9.44. The molecular weight excluding hydrogens is 234 g/mol. The molecule has 1 aromatic rings. The molecule has 0 aliphatic rings. The van der Waals surface area contributed by atoms with Gasteiger partial charge in [0.1, 0.15) is 5.75 Å². The summed E-state index contributed by atoms with van der Waals surface area (Å²) in [6.45, 7) is 10.8. The van der Waals surface area contributed by atoms with Crippen molar-refractivity contribution in [2.24, 2.45) is 5.92 Å². The third-order valence-corrected chi connectivity index (χ3v) is 3.33. The van der Waals surface area contributed by atoms with Crippen LogP contribution in [0.3, 0.4) is 0 Å². The molecule has 2 nitrogen and oxygen atoms in total. The zero-order chi connectivity index (χ0) is 14.6. The number of methoxy groups -OCH3 is 1. The van der Waals surface area contributed by atoms with Crippen LogP contribution in [0.4, 0.5) is 0 Å².